The molecule has 210 valence electrons. The summed E-state index contributed by atoms with van der Waals surface area (Å²) in [7, 11) is 2.22. The van der Waals surface area contributed by atoms with Crippen LogP contribution in [0, 0.1) is 16.7 Å². The summed E-state index contributed by atoms with van der Waals surface area (Å²) in [6, 6.07) is 12.5. The summed E-state index contributed by atoms with van der Waals surface area (Å²) >= 11 is 0. The molecule has 0 unspecified atom stereocenters. The summed E-state index contributed by atoms with van der Waals surface area (Å²) in [4.78, 5) is 27.2. The lowest BCUT2D eigenvalue weighted by Gasteiger charge is -2.44. The number of Topliss-reactive ketones (excluding diaryl/α,β-unsaturated/α-hetero) is 1. The number of carbonyl (C=O) groups excluding carboxylic acids is 2. The van der Waals surface area contributed by atoms with Crippen molar-refractivity contribution in [3.8, 4) is 6.07 Å². The number of benzene rings is 2. The smallest absolute Gasteiger partial charge is 0.432 e. The number of rotatable bonds is 6. The van der Waals surface area contributed by atoms with E-state index in [9.17, 15) is 33.1 Å². The minimum atomic E-state index is -5.25. The summed E-state index contributed by atoms with van der Waals surface area (Å²) in [6.07, 6.45) is -5.55. The molecule has 40 heavy (non-hydrogen) atoms. The number of alkyl halides is 3. The van der Waals surface area contributed by atoms with Crippen molar-refractivity contribution in [3.05, 3.63) is 94.7 Å². The van der Waals surface area contributed by atoms with Gasteiger partial charge < -0.3 is 19.3 Å². The van der Waals surface area contributed by atoms with E-state index in [2.05, 4.69) is 5.43 Å². The van der Waals surface area contributed by atoms with Gasteiger partial charge in [0.2, 0.25) is 11.8 Å². The summed E-state index contributed by atoms with van der Waals surface area (Å²) in [6.45, 7) is 2.85. The van der Waals surface area contributed by atoms with Gasteiger partial charge in [0.15, 0.2) is 18.0 Å². The zero-order chi connectivity index (χ0) is 29.5. The molecule has 1 heterocycles. The van der Waals surface area contributed by atoms with Crippen LogP contribution in [0.5, 0.6) is 0 Å². The van der Waals surface area contributed by atoms with E-state index in [1.807, 2.05) is 6.07 Å². The SMILES string of the molecule is CO[C@](C(=O)O[C@@H]1[C@@H](OC2=CC=C(O)N(C)N2)c2cc(C#N)ccc2C(=O)C1(C)C)(c1ccccc1)C(F)(F)F. The van der Waals surface area contributed by atoms with E-state index in [4.69, 9.17) is 14.2 Å². The fraction of sp³-hybridized carbons (Fsp3) is 0.321. The molecule has 0 amide bonds. The van der Waals surface area contributed by atoms with Crippen LogP contribution in [-0.4, -0.2) is 48.3 Å². The second-order valence-electron chi connectivity index (χ2n) is 9.80. The highest BCUT2D eigenvalue weighted by Crippen LogP contribution is 2.49. The molecule has 3 atom stereocenters. The number of hydrazine groups is 1. The van der Waals surface area contributed by atoms with E-state index in [-0.39, 0.29) is 28.5 Å². The largest absolute Gasteiger partial charge is 0.494 e. The molecular formula is C28H26F3N3O6. The third kappa shape index (κ3) is 4.62. The van der Waals surface area contributed by atoms with Crippen molar-refractivity contribution >= 4 is 11.8 Å². The van der Waals surface area contributed by atoms with Gasteiger partial charge in [-0.2, -0.15) is 18.4 Å². The average Bonchev–Trinajstić information content (AvgIpc) is 2.91. The van der Waals surface area contributed by atoms with E-state index in [1.165, 1.54) is 74.5 Å². The Labute approximate surface area is 228 Å². The predicted molar refractivity (Wildman–Crippen MR) is 134 cm³/mol. The summed E-state index contributed by atoms with van der Waals surface area (Å²) in [5, 5.41) is 20.6. The Morgan fingerprint density at radius 1 is 1.15 bits per heavy atom. The number of ketones is 1. The third-order valence-corrected chi connectivity index (χ3v) is 6.97. The van der Waals surface area contributed by atoms with Crippen LogP contribution >= 0.6 is 0 Å². The lowest BCUT2D eigenvalue weighted by molar-refractivity contribution is -0.281. The second kappa shape index (κ2) is 10.2. The Hall–Kier alpha value is -4.50. The van der Waals surface area contributed by atoms with Gasteiger partial charge in [-0.15, -0.1) is 0 Å². The quantitative estimate of drug-likeness (QED) is 0.493. The van der Waals surface area contributed by atoms with Gasteiger partial charge in [0.1, 0.15) is 0 Å². The van der Waals surface area contributed by atoms with Gasteiger partial charge in [-0.25, -0.2) is 4.79 Å². The van der Waals surface area contributed by atoms with E-state index < -0.39 is 46.7 Å². The number of carbonyl (C=O) groups is 2. The molecule has 0 fully saturated rings. The molecule has 12 heteroatoms. The predicted octanol–water partition coefficient (Wildman–Crippen LogP) is 4.55. The van der Waals surface area contributed by atoms with Crippen molar-refractivity contribution in [3.63, 3.8) is 0 Å². The first kappa shape index (κ1) is 28.5. The standard InChI is InChI=1S/C28H26F3N3O6/c1-26(2)23(36)18-11-10-16(15-32)14-19(18)22(39-20-12-13-21(35)34(3)33-20)24(26)40-25(37)27(38-4,28(29,30)31)17-8-6-5-7-9-17/h5-14,22,24,33,35H,1-4H3/t22-,24+,27-/m0/s1. The maximum atomic E-state index is 14.6. The maximum absolute atomic E-state index is 14.6. The van der Waals surface area contributed by atoms with Gasteiger partial charge in [-0.1, -0.05) is 30.3 Å². The summed E-state index contributed by atoms with van der Waals surface area (Å²) < 4.78 is 60.4. The van der Waals surface area contributed by atoms with Gasteiger partial charge >= 0.3 is 12.1 Å². The molecule has 0 spiro atoms. The van der Waals surface area contributed by atoms with Crippen LogP contribution in [-0.2, 0) is 24.6 Å². The van der Waals surface area contributed by atoms with E-state index in [1.54, 1.807) is 0 Å². The third-order valence-electron chi connectivity index (χ3n) is 6.97. The van der Waals surface area contributed by atoms with Crippen molar-refractivity contribution in [2.24, 2.45) is 5.41 Å². The van der Waals surface area contributed by atoms with Crippen LogP contribution in [0.2, 0.25) is 0 Å². The van der Waals surface area contributed by atoms with Crippen molar-refractivity contribution in [1.29, 1.82) is 5.26 Å². The fourth-order valence-corrected chi connectivity index (χ4v) is 4.74. The van der Waals surface area contributed by atoms with Crippen LogP contribution in [0.25, 0.3) is 0 Å². The highest BCUT2D eigenvalue weighted by molar-refractivity contribution is 6.03. The molecule has 2 aromatic rings. The first-order valence-electron chi connectivity index (χ1n) is 12.0. The number of fused-ring (bicyclic) bond motifs is 1. The molecule has 0 saturated carbocycles. The summed E-state index contributed by atoms with van der Waals surface area (Å²) in [5.41, 5.74) is -2.43. The normalized spacial score (nSPS) is 21.6. The molecule has 1 aliphatic heterocycles. The van der Waals surface area contributed by atoms with Crippen LogP contribution in [0.4, 0.5) is 13.2 Å². The Kier molecular flexibility index (Phi) is 7.30. The van der Waals surface area contributed by atoms with E-state index >= 15 is 0 Å². The molecule has 0 bridgehead atoms. The van der Waals surface area contributed by atoms with Gasteiger partial charge in [0, 0.05) is 43.0 Å². The molecular weight excluding hydrogens is 531 g/mol. The fourth-order valence-electron chi connectivity index (χ4n) is 4.74. The van der Waals surface area contributed by atoms with Crippen LogP contribution < -0.4 is 5.43 Å². The molecule has 4 rings (SSSR count). The second-order valence-corrected chi connectivity index (χ2v) is 9.80. The van der Waals surface area contributed by atoms with Crippen molar-refractivity contribution in [2.45, 2.75) is 37.8 Å². The van der Waals surface area contributed by atoms with Gasteiger partial charge in [0.25, 0.3) is 5.60 Å². The Morgan fingerprint density at radius 2 is 1.82 bits per heavy atom. The van der Waals surface area contributed by atoms with Crippen molar-refractivity contribution < 1.29 is 42.1 Å². The number of halogens is 3. The van der Waals surface area contributed by atoms with Gasteiger partial charge in [-0.3, -0.25) is 15.2 Å². The average molecular weight is 558 g/mol. The minimum absolute atomic E-state index is 0.0293. The number of hydrogen-bond donors (Lipinski definition) is 2. The number of aliphatic hydroxyl groups excluding tert-OH is 1. The number of nitrogens with zero attached hydrogens (tertiary/aromatic N) is 2. The zero-order valence-electron chi connectivity index (χ0n) is 21.9. The first-order valence-corrected chi connectivity index (χ1v) is 12.0. The molecule has 2 aliphatic rings. The minimum Gasteiger partial charge on any atom is -0.494 e. The van der Waals surface area contributed by atoms with Gasteiger partial charge in [-0.05, 0) is 32.0 Å². The topological polar surface area (TPSA) is 121 Å². The first-order chi connectivity index (χ1) is 18.8. The number of methoxy groups -OCH3 is 1. The van der Waals surface area contributed by atoms with Crippen molar-refractivity contribution in [1.82, 2.24) is 10.4 Å². The van der Waals surface area contributed by atoms with E-state index in [0.717, 1.165) is 19.2 Å². The van der Waals surface area contributed by atoms with Crippen LogP contribution in [0.1, 0.15) is 47.0 Å². The number of aliphatic hydroxyl groups is 1. The molecule has 0 aromatic heterocycles. The molecule has 9 nitrogen and oxygen atoms in total. The Morgan fingerprint density at radius 3 is 2.40 bits per heavy atom. The number of esters is 1. The summed E-state index contributed by atoms with van der Waals surface area (Å²) in [5.74, 6) is -2.45. The number of ether oxygens (including phenoxy) is 3. The highest BCUT2D eigenvalue weighted by atomic mass is 19.4. The Balaban J connectivity index is 1.86. The Bertz CT molecular complexity index is 1430. The zero-order valence-corrected chi connectivity index (χ0v) is 21.9. The molecule has 1 aliphatic carbocycles. The number of nitriles is 1. The van der Waals surface area contributed by atoms with Gasteiger partial charge in [0.05, 0.1) is 17.0 Å². The van der Waals surface area contributed by atoms with Crippen molar-refractivity contribution in [2.75, 3.05) is 14.2 Å². The monoisotopic (exact) mass is 557 g/mol. The lowest BCUT2D eigenvalue weighted by atomic mass is 9.69. The molecule has 2 aromatic carbocycles. The van der Waals surface area contributed by atoms with E-state index in [0.29, 0.717) is 0 Å². The maximum Gasteiger partial charge on any atom is 0.432 e. The lowest BCUT2D eigenvalue weighted by Crippen LogP contribution is -2.56. The molecule has 2 N–H and O–H groups in total. The van der Waals surface area contributed by atoms with Crippen LogP contribution in [0.3, 0.4) is 0 Å². The number of nitrogens with one attached hydrogen (secondary N) is 1. The number of allylic oxidation sites excluding steroid dienone is 2. The molecule has 0 saturated heterocycles. The number of hydrogen-bond acceptors (Lipinski definition) is 9. The highest BCUT2D eigenvalue weighted by Gasteiger charge is 2.65. The molecule has 0 radical (unpaired) electrons. The van der Waals surface area contributed by atoms with Crippen LogP contribution in [0.15, 0.2) is 72.4 Å².